The van der Waals surface area contributed by atoms with Crippen molar-refractivity contribution in [1.82, 2.24) is 29.9 Å². The van der Waals surface area contributed by atoms with Gasteiger partial charge in [0.15, 0.2) is 0 Å². The number of rotatable bonds is 8. The van der Waals surface area contributed by atoms with Gasteiger partial charge in [-0.1, -0.05) is 0 Å². The van der Waals surface area contributed by atoms with Gasteiger partial charge in [-0.3, -0.25) is 0 Å². The van der Waals surface area contributed by atoms with Gasteiger partial charge >= 0.3 is 7.82 Å². The van der Waals surface area contributed by atoms with Crippen LogP contribution in [0.4, 0.5) is 23.8 Å². The molecule has 17 heteroatoms. The highest BCUT2D eigenvalue weighted by Crippen LogP contribution is 2.25. The van der Waals surface area contributed by atoms with Crippen LogP contribution in [0.2, 0.25) is 10.6 Å². The summed E-state index contributed by atoms with van der Waals surface area (Å²) in [6, 6.07) is 0. The summed E-state index contributed by atoms with van der Waals surface area (Å²) in [6.45, 7) is 10.9. The first kappa shape index (κ1) is 28.9. The monoisotopic (exact) mass is 500 g/mol. The Bertz CT molecular complexity index is 715. The molecule has 0 saturated carbocycles. The van der Waals surface area contributed by atoms with E-state index in [0.717, 1.165) is 26.2 Å². The lowest BCUT2D eigenvalue weighted by molar-refractivity contribution is 0.275. The van der Waals surface area contributed by atoms with Gasteiger partial charge in [0, 0.05) is 26.2 Å². The highest BCUT2D eigenvalue weighted by atomic mass is 35.5. The van der Waals surface area contributed by atoms with Crippen molar-refractivity contribution in [3.05, 3.63) is 10.6 Å². The van der Waals surface area contributed by atoms with Crippen LogP contribution in [-0.4, -0.2) is 70.8 Å². The second-order valence-electron chi connectivity index (χ2n) is 5.14. The molecule has 0 spiro atoms. The van der Waals surface area contributed by atoms with Crippen LogP contribution in [0, 0.1) is 0 Å². The van der Waals surface area contributed by atoms with Crippen molar-refractivity contribution in [2.24, 2.45) is 0 Å². The van der Waals surface area contributed by atoms with E-state index in [4.69, 9.17) is 42.4 Å². The Hall–Kier alpha value is -2.09. The standard InChI is InChI=1S/2C7H12ClN5.H3O4P/c2*1-3-9-6-11-5(8)12-7(13-6)10-4-2;1-5(2,3)4/h2*3-4H2,1-2H3,(H2,9,10,11,12,13);(H3,1,2,3,4). The van der Waals surface area contributed by atoms with E-state index in [0.29, 0.717) is 23.8 Å². The lowest BCUT2D eigenvalue weighted by atomic mass is 10.7. The first-order valence-electron chi connectivity index (χ1n) is 9.09. The summed E-state index contributed by atoms with van der Waals surface area (Å²) in [7, 11) is -4.64. The number of halogens is 2. The Morgan fingerprint density at radius 2 is 0.806 bits per heavy atom. The number of hydrogen-bond acceptors (Lipinski definition) is 11. The highest BCUT2D eigenvalue weighted by Gasteiger charge is 2.03. The summed E-state index contributed by atoms with van der Waals surface area (Å²) in [5, 5.41) is 12.2. The minimum atomic E-state index is -4.64. The average Bonchev–Trinajstić information content (AvgIpc) is 2.61. The third kappa shape index (κ3) is 16.3. The second-order valence-corrected chi connectivity index (χ2v) is 6.84. The molecule has 31 heavy (non-hydrogen) atoms. The number of phosphoric acid groups is 1. The van der Waals surface area contributed by atoms with Crippen molar-refractivity contribution in [2.45, 2.75) is 27.7 Å². The molecule has 0 saturated heterocycles. The van der Waals surface area contributed by atoms with E-state index in [2.05, 4.69) is 51.2 Å². The van der Waals surface area contributed by atoms with E-state index in [1.807, 2.05) is 27.7 Å². The maximum atomic E-state index is 8.88. The maximum absolute atomic E-state index is 8.88. The van der Waals surface area contributed by atoms with E-state index in [1.165, 1.54) is 0 Å². The molecule has 0 amide bonds. The smallest absolute Gasteiger partial charge is 0.354 e. The minimum absolute atomic E-state index is 0.196. The molecule has 0 aliphatic carbocycles. The van der Waals surface area contributed by atoms with Gasteiger partial charge < -0.3 is 35.9 Å². The molecule has 2 rings (SSSR count). The Morgan fingerprint density at radius 1 is 0.613 bits per heavy atom. The third-order valence-electron chi connectivity index (χ3n) is 2.56. The SMILES string of the molecule is CCNc1nc(Cl)nc(NCC)n1.CCNc1nc(Cl)nc(NCC)n1.O=P(O)(O)O. The van der Waals surface area contributed by atoms with E-state index >= 15 is 0 Å². The fraction of sp³-hybridized carbons (Fsp3) is 0.571. The van der Waals surface area contributed by atoms with E-state index in [-0.39, 0.29) is 10.6 Å². The van der Waals surface area contributed by atoms with Crippen molar-refractivity contribution < 1.29 is 19.2 Å². The average molecular weight is 501 g/mol. The predicted octanol–water partition coefficient (Wildman–Crippen LogP) is 1.85. The molecule has 7 N–H and O–H groups in total. The molecule has 0 atom stereocenters. The molecule has 2 aromatic rings. The van der Waals surface area contributed by atoms with Crippen LogP contribution in [-0.2, 0) is 4.57 Å². The topological polar surface area (TPSA) is 203 Å². The van der Waals surface area contributed by atoms with Crippen molar-refractivity contribution in [3.63, 3.8) is 0 Å². The molecular weight excluding hydrogens is 474 g/mol. The largest absolute Gasteiger partial charge is 0.466 e. The molecule has 0 fully saturated rings. The fourth-order valence-electron chi connectivity index (χ4n) is 1.65. The second kappa shape index (κ2) is 15.7. The first-order valence-corrected chi connectivity index (χ1v) is 11.4. The van der Waals surface area contributed by atoms with Gasteiger partial charge in [0.25, 0.3) is 0 Å². The van der Waals surface area contributed by atoms with Crippen LogP contribution in [0.25, 0.3) is 0 Å². The van der Waals surface area contributed by atoms with Gasteiger partial charge in [-0.2, -0.15) is 29.9 Å². The summed E-state index contributed by atoms with van der Waals surface area (Å²) in [5.41, 5.74) is 0. The molecule has 0 radical (unpaired) electrons. The molecule has 0 unspecified atom stereocenters. The summed E-state index contributed by atoms with van der Waals surface area (Å²) in [5.74, 6) is 1.99. The number of aromatic nitrogens is 6. The van der Waals surface area contributed by atoms with Gasteiger partial charge in [0.2, 0.25) is 34.4 Å². The van der Waals surface area contributed by atoms with Crippen LogP contribution in [0.15, 0.2) is 0 Å². The fourth-order valence-corrected chi connectivity index (χ4v) is 1.97. The molecule has 0 bridgehead atoms. The number of nitrogens with zero attached hydrogens (tertiary/aromatic N) is 6. The Balaban J connectivity index is 0.000000479. The Morgan fingerprint density at radius 3 is 0.968 bits per heavy atom. The van der Waals surface area contributed by atoms with Crippen LogP contribution >= 0.6 is 31.0 Å². The number of hydrogen-bond donors (Lipinski definition) is 7. The van der Waals surface area contributed by atoms with Crippen molar-refractivity contribution in [1.29, 1.82) is 0 Å². The summed E-state index contributed by atoms with van der Waals surface area (Å²) < 4.78 is 8.88. The van der Waals surface area contributed by atoms with Crippen molar-refractivity contribution in [2.75, 3.05) is 47.4 Å². The lowest BCUT2D eigenvalue weighted by Gasteiger charge is -2.04. The molecule has 2 heterocycles. The Kier molecular flexibility index (Phi) is 14.6. The van der Waals surface area contributed by atoms with Crippen LogP contribution in [0.5, 0.6) is 0 Å². The van der Waals surface area contributed by atoms with Crippen molar-refractivity contribution in [3.8, 4) is 0 Å². The predicted molar refractivity (Wildman–Crippen MR) is 121 cm³/mol. The zero-order valence-electron chi connectivity index (χ0n) is 17.5. The van der Waals surface area contributed by atoms with Gasteiger partial charge in [0.1, 0.15) is 0 Å². The summed E-state index contributed by atoms with van der Waals surface area (Å²) in [6.07, 6.45) is 0. The maximum Gasteiger partial charge on any atom is 0.466 e. The first-order chi connectivity index (χ1) is 14.5. The normalized spacial score (nSPS) is 10.1. The zero-order valence-corrected chi connectivity index (χ0v) is 19.9. The molecular formula is C14H27Cl2N10O4P. The van der Waals surface area contributed by atoms with Gasteiger partial charge in [-0.05, 0) is 50.9 Å². The molecule has 2 aromatic heterocycles. The van der Waals surface area contributed by atoms with Gasteiger partial charge in [-0.25, -0.2) is 4.57 Å². The van der Waals surface area contributed by atoms with E-state index in [1.54, 1.807) is 0 Å². The molecule has 0 aliphatic heterocycles. The molecule has 176 valence electrons. The third-order valence-corrected chi connectivity index (χ3v) is 2.89. The quantitative estimate of drug-likeness (QED) is 0.258. The molecule has 0 aromatic carbocycles. The minimum Gasteiger partial charge on any atom is -0.354 e. The zero-order chi connectivity index (χ0) is 23.9. The van der Waals surface area contributed by atoms with Crippen molar-refractivity contribution >= 4 is 54.8 Å². The lowest BCUT2D eigenvalue weighted by Crippen LogP contribution is -2.08. The van der Waals surface area contributed by atoms with E-state index < -0.39 is 7.82 Å². The van der Waals surface area contributed by atoms with Gasteiger partial charge in [0.05, 0.1) is 0 Å². The summed E-state index contributed by atoms with van der Waals surface area (Å²) in [4.78, 5) is 45.3. The van der Waals surface area contributed by atoms with Crippen LogP contribution < -0.4 is 21.3 Å². The van der Waals surface area contributed by atoms with E-state index in [9.17, 15) is 0 Å². The van der Waals surface area contributed by atoms with Crippen LogP contribution in [0.1, 0.15) is 27.7 Å². The van der Waals surface area contributed by atoms with Gasteiger partial charge in [-0.15, -0.1) is 0 Å². The molecule has 14 nitrogen and oxygen atoms in total. The Labute approximate surface area is 189 Å². The number of nitrogens with one attached hydrogen (secondary N) is 4. The highest BCUT2D eigenvalue weighted by molar-refractivity contribution is 7.45. The summed E-state index contributed by atoms with van der Waals surface area (Å²) >= 11 is 11.4. The van der Waals surface area contributed by atoms with Crippen LogP contribution in [0.3, 0.4) is 0 Å². The number of anilines is 4. The molecule has 0 aliphatic rings.